The molecule has 1 aliphatic rings. The van der Waals surface area contributed by atoms with E-state index < -0.39 is 0 Å². The van der Waals surface area contributed by atoms with Gasteiger partial charge in [0.25, 0.3) is 0 Å². The van der Waals surface area contributed by atoms with E-state index in [0.29, 0.717) is 12.0 Å². The first-order valence-corrected chi connectivity index (χ1v) is 5.97. The van der Waals surface area contributed by atoms with Crippen molar-refractivity contribution in [3.05, 3.63) is 18.0 Å². The molecule has 4 heteroatoms. The largest absolute Gasteiger partial charge is 0.325 e. The lowest BCUT2D eigenvalue weighted by molar-refractivity contribution is 0.0912. The summed E-state index contributed by atoms with van der Waals surface area (Å²) in [6.07, 6.45) is 8.07. The third kappa shape index (κ3) is 2.32. The highest BCUT2D eigenvalue weighted by molar-refractivity contribution is 5.96. The van der Waals surface area contributed by atoms with Crippen molar-refractivity contribution in [3.8, 4) is 0 Å². The minimum absolute atomic E-state index is 0.129. The van der Waals surface area contributed by atoms with Gasteiger partial charge in [-0.25, -0.2) is 0 Å². The van der Waals surface area contributed by atoms with Gasteiger partial charge in [-0.05, 0) is 25.7 Å². The number of rotatable bonds is 5. The van der Waals surface area contributed by atoms with Gasteiger partial charge in [-0.2, -0.15) is 5.10 Å². The van der Waals surface area contributed by atoms with Crippen LogP contribution in [0.25, 0.3) is 0 Å². The number of carbonyl (C=O) groups excluding carboxylic acids is 1. The average molecular weight is 221 g/mol. The minimum Gasteiger partial charge on any atom is -0.325 e. The van der Waals surface area contributed by atoms with E-state index in [1.807, 2.05) is 10.9 Å². The predicted octanol–water partition coefficient (Wildman–Crippen LogP) is 1.75. The molecule has 0 spiro atoms. The third-order valence-corrected chi connectivity index (χ3v) is 3.27. The van der Waals surface area contributed by atoms with Crippen molar-refractivity contribution in [1.29, 1.82) is 0 Å². The number of ketones is 1. The summed E-state index contributed by atoms with van der Waals surface area (Å²) < 4.78 is 1.82. The second-order valence-electron chi connectivity index (χ2n) is 4.81. The number of nitrogens with zero attached hydrogens (tertiary/aromatic N) is 2. The first-order chi connectivity index (χ1) is 7.63. The second kappa shape index (κ2) is 4.37. The number of aryl methyl sites for hydroxylation is 1. The Balaban J connectivity index is 1.97. The molecule has 1 saturated carbocycles. The maximum Gasteiger partial charge on any atom is 0.167 e. The quantitative estimate of drug-likeness (QED) is 0.770. The van der Waals surface area contributed by atoms with Gasteiger partial charge in [-0.1, -0.05) is 6.92 Å². The molecule has 4 nitrogen and oxygen atoms in total. The summed E-state index contributed by atoms with van der Waals surface area (Å²) >= 11 is 0. The van der Waals surface area contributed by atoms with Gasteiger partial charge in [-0.15, -0.1) is 0 Å². The summed E-state index contributed by atoms with van der Waals surface area (Å²) in [6.45, 7) is 2.95. The fourth-order valence-corrected chi connectivity index (χ4v) is 2.09. The van der Waals surface area contributed by atoms with Crippen LogP contribution < -0.4 is 5.73 Å². The number of carbonyl (C=O) groups is 1. The van der Waals surface area contributed by atoms with Gasteiger partial charge in [0.05, 0.1) is 11.8 Å². The van der Waals surface area contributed by atoms with Gasteiger partial charge in [0.2, 0.25) is 0 Å². The minimum atomic E-state index is -0.232. The predicted molar refractivity (Wildman–Crippen MR) is 62.2 cm³/mol. The fourth-order valence-electron chi connectivity index (χ4n) is 2.09. The molecule has 0 bridgehead atoms. The van der Waals surface area contributed by atoms with Crippen molar-refractivity contribution in [2.24, 2.45) is 5.73 Å². The fraction of sp³-hybridized carbons (Fsp3) is 0.667. The van der Waals surface area contributed by atoms with Crippen LogP contribution >= 0.6 is 0 Å². The van der Waals surface area contributed by atoms with Crippen LogP contribution in [0.1, 0.15) is 49.4 Å². The van der Waals surface area contributed by atoms with E-state index in [2.05, 4.69) is 12.0 Å². The van der Waals surface area contributed by atoms with Crippen molar-refractivity contribution in [2.45, 2.75) is 51.1 Å². The molecule has 2 N–H and O–H groups in total. The zero-order valence-electron chi connectivity index (χ0n) is 9.78. The molecular weight excluding hydrogens is 202 g/mol. The average Bonchev–Trinajstić information content (AvgIpc) is 2.64. The molecule has 0 amide bonds. The topological polar surface area (TPSA) is 60.9 Å². The van der Waals surface area contributed by atoms with Gasteiger partial charge in [0.15, 0.2) is 5.78 Å². The van der Waals surface area contributed by atoms with E-state index in [-0.39, 0.29) is 11.3 Å². The van der Waals surface area contributed by atoms with E-state index in [9.17, 15) is 4.79 Å². The van der Waals surface area contributed by atoms with E-state index >= 15 is 0 Å². The van der Waals surface area contributed by atoms with Gasteiger partial charge < -0.3 is 5.73 Å². The molecule has 1 aromatic rings. The Labute approximate surface area is 95.8 Å². The zero-order chi connectivity index (χ0) is 11.6. The molecule has 1 heterocycles. The van der Waals surface area contributed by atoms with Crippen molar-refractivity contribution in [3.63, 3.8) is 0 Å². The van der Waals surface area contributed by atoms with Gasteiger partial charge in [0.1, 0.15) is 0 Å². The van der Waals surface area contributed by atoms with Crippen LogP contribution in [-0.4, -0.2) is 21.1 Å². The molecule has 0 unspecified atom stereocenters. The Morgan fingerprint density at radius 1 is 1.62 bits per heavy atom. The van der Waals surface area contributed by atoms with Gasteiger partial charge in [0, 0.05) is 24.7 Å². The summed E-state index contributed by atoms with van der Waals surface area (Å²) in [6, 6.07) is 0. The summed E-state index contributed by atoms with van der Waals surface area (Å²) in [7, 11) is 0. The molecule has 88 valence electrons. The van der Waals surface area contributed by atoms with Crippen LogP contribution in [0.4, 0.5) is 0 Å². The highest BCUT2D eigenvalue weighted by Gasteiger charge is 2.35. The SMILES string of the molecule is CCCn1cc(C(=O)CC2(N)CCC2)cn1. The summed E-state index contributed by atoms with van der Waals surface area (Å²) in [4.78, 5) is 11.9. The van der Waals surface area contributed by atoms with E-state index in [0.717, 1.165) is 32.2 Å². The van der Waals surface area contributed by atoms with Crippen molar-refractivity contribution < 1.29 is 4.79 Å². The molecule has 1 aliphatic carbocycles. The summed E-state index contributed by atoms with van der Waals surface area (Å²) in [5.74, 6) is 0.129. The molecule has 1 fully saturated rings. The van der Waals surface area contributed by atoms with E-state index in [1.165, 1.54) is 0 Å². The van der Waals surface area contributed by atoms with Crippen LogP contribution in [0.2, 0.25) is 0 Å². The Bertz CT molecular complexity index is 379. The molecule has 0 radical (unpaired) electrons. The van der Waals surface area contributed by atoms with Crippen molar-refractivity contribution in [2.75, 3.05) is 0 Å². The zero-order valence-corrected chi connectivity index (χ0v) is 9.78. The molecule has 0 aliphatic heterocycles. The van der Waals surface area contributed by atoms with Crippen LogP contribution in [0.3, 0.4) is 0 Å². The Kier molecular flexibility index (Phi) is 3.10. The number of Topliss-reactive ketones (excluding diaryl/α,β-unsaturated/α-hetero) is 1. The first-order valence-electron chi connectivity index (χ1n) is 5.97. The Morgan fingerprint density at radius 3 is 2.94 bits per heavy atom. The lowest BCUT2D eigenvalue weighted by Gasteiger charge is -2.37. The number of nitrogens with two attached hydrogens (primary N) is 1. The monoisotopic (exact) mass is 221 g/mol. The lowest BCUT2D eigenvalue weighted by Crippen LogP contribution is -2.48. The van der Waals surface area contributed by atoms with Gasteiger partial charge in [-0.3, -0.25) is 9.48 Å². The molecule has 1 aromatic heterocycles. The third-order valence-electron chi connectivity index (χ3n) is 3.27. The maximum atomic E-state index is 11.9. The second-order valence-corrected chi connectivity index (χ2v) is 4.81. The molecular formula is C12H19N3O. The smallest absolute Gasteiger partial charge is 0.167 e. The van der Waals surface area contributed by atoms with E-state index in [4.69, 9.17) is 5.73 Å². The summed E-state index contributed by atoms with van der Waals surface area (Å²) in [5, 5.41) is 4.16. The lowest BCUT2D eigenvalue weighted by atomic mass is 9.74. The highest BCUT2D eigenvalue weighted by atomic mass is 16.1. The van der Waals surface area contributed by atoms with Crippen molar-refractivity contribution in [1.82, 2.24) is 9.78 Å². The normalized spacial score (nSPS) is 18.1. The Morgan fingerprint density at radius 2 is 2.38 bits per heavy atom. The summed E-state index contributed by atoms with van der Waals surface area (Å²) in [5.41, 5.74) is 6.53. The van der Waals surface area contributed by atoms with Crippen LogP contribution in [0, 0.1) is 0 Å². The van der Waals surface area contributed by atoms with Crippen LogP contribution in [0.5, 0.6) is 0 Å². The van der Waals surface area contributed by atoms with Crippen LogP contribution in [-0.2, 0) is 6.54 Å². The molecule has 0 saturated heterocycles. The van der Waals surface area contributed by atoms with E-state index in [1.54, 1.807) is 6.20 Å². The standard InChI is InChI=1S/C12H19N3O/c1-2-6-15-9-10(8-14-15)11(16)7-12(13)4-3-5-12/h8-9H,2-7,13H2,1H3. The number of aromatic nitrogens is 2. The molecule has 16 heavy (non-hydrogen) atoms. The molecule has 2 rings (SSSR count). The van der Waals surface area contributed by atoms with Crippen LogP contribution in [0.15, 0.2) is 12.4 Å². The Hall–Kier alpha value is -1.16. The van der Waals surface area contributed by atoms with Crippen molar-refractivity contribution >= 4 is 5.78 Å². The maximum absolute atomic E-state index is 11.9. The number of hydrogen-bond donors (Lipinski definition) is 1. The molecule has 0 aromatic carbocycles. The molecule has 0 atom stereocenters. The van der Waals surface area contributed by atoms with Gasteiger partial charge >= 0.3 is 0 Å². The highest BCUT2D eigenvalue weighted by Crippen LogP contribution is 2.33. The first kappa shape index (κ1) is 11.3. The number of hydrogen-bond acceptors (Lipinski definition) is 3.